The Kier molecular flexibility index (Phi) is 5.75. The lowest BCUT2D eigenvalue weighted by atomic mass is 9.85. The van der Waals surface area contributed by atoms with Crippen molar-refractivity contribution in [3.63, 3.8) is 0 Å². The number of methoxy groups -OCH3 is 2. The van der Waals surface area contributed by atoms with E-state index in [2.05, 4.69) is 16.3 Å². The van der Waals surface area contributed by atoms with E-state index in [4.69, 9.17) is 14.2 Å². The van der Waals surface area contributed by atoms with E-state index in [1.165, 1.54) is 5.56 Å². The molecule has 5 nitrogen and oxygen atoms in total. The van der Waals surface area contributed by atoms with E-state index in [-0.39, 0.29) is 0 Å². The lowest BCUT2D eigenvalue weighted by Crippen LogP contribution is -2.47. The third-order valence-electron chi connectivity index (χ3n) is 5.02. The van der Waals surface area contributed by atoms with Crippen molar-refractivity contribution in [1.29, 1.82) is 0 Å². The van der Waals surface area contributed by atoms with Gasteiger partial charge in [0.05, 0.1) is 14.2 Å². The Morgan fingerprint density at radius 2 is 1.87 bits per heavy atom. The molecule has 128 valence electrons. The van der Waals surface area contributed by atoms with Crippen LogP contribution in [0, 0.1) is 5.92 Å². The maximum Gasteiger partial charge on any atom is 0.127 e. The quantitative estimate of drug-likeness (QED) is 0.900. The maximum atomic E-state index is 5.70. The average molecular weight is 320 g/mol. The third kappa shape index (κ3) is 3.79. The van der Waals surface area contributed by atoms with Crippen LogP contribution in [0.2, 0.25) is 0 Å². The average Bonchev–Trinajstić information content (AvgIpc) is 2.64. The van der Waals surface area contributed by atoms with Crippen molar-refractivity contribution in [2.75, 3.05) is 53.6 Å². The summed E-state index contributed by atoms with van der Waals surface area (Å²) in [5.74, 6) is 2.39. The molecular formula is C18H28N2O3. The Hall–Kier alpha value is -1.30. The first-order valence-electron chi connectivity index (χ1n) is 8.58. The van der Waals surface area contributed by atoms with Crippen LogP contribution in [0.25, 0.3) is 0 Å². The summed E-state index contributed by atoms with van der Waals surface area (Å²) in [5.41, 5.74) is 1.28. The van der Waals surface area contributed by atoms with Gasteiger partial charge < -0.3 is 19.5 Å². The fourth-order valence-electron chi connectivity index (χ4n) is 3.80. The number of benzene rings is 1. The zero-order chi connectivity index (χ0) is 16.1. The lowest BCUT2D eigenvalue weighted by molar-refractivity contribution is 0.0206. The number of hydrogen-bond acceptors (Lipinski definition) is 5. The summed E-state index contributed by atoms with van der Waals surface area (Å²) in [6.07, 6.45) is 2.23. The van der Waals surface area contributed by atoms with Gasteiger partial charge in [0, 0.05) is 57.1 Å². The van der Waals surface area contributed by atoms with Crippen LogP contribution in [0.15, 0.2) is 18.2 Å². The SMILES string of the molecule is COc1ccc([C@@H](C2CCOCC2)N2CCNCC2)c(OC)c1. The summed E-state index contributed by atoms with van der Waals surface area (Å²) in [6, 6.07) is 6.62. The van der Waals surface area contributed by atoms with Gasteiger partial charge in [-0.15, -0.1) is 0 Å². The molecule has 0 bridgehead atoms. The molecule has 0 amide bonds. The normalized spacial score (nSPS) is 21.8. The van der Waals surface area contributed by atoms with Crippen LogP contribution in [0.3, 0.4) is 0 Å². The summed E-state index contributed by atoms with van der Waals surface area (Å²) in [7, 11) is 3.44. The molecule has 2 saturated heterocycles. The van der Waals surface area contributed by atoms with E-state index in [1.54, 1.807) is 14.2 Å². The number of ether oxygens (including phenoxy) is 3. The zero-order valence-electron chi connectivity index (χ0n) is 14.2. The maximum absolute atomic E-state index is 5.70. The van der Waals surface area contributed by atoms with Crippen LogP contribution in [-0.2, 0) is 4.74 Å². The first kappa shape index (κ1) is 16.6. The molecule has 23 heavy (non-hydrogen) atoms. The number of nitrogens with one attached hydrogen (secondary N) is 1. The molecule has 1 aromatic carbocycles. The fourth-order valence-corrected chi connectivity index (χ4v) is 3.80. The van der Waals surface area contributed by atoms with Crippen molar-refractivity contribution < 1.29 is 14.2 Å². The molecule has 0 unspecified atom stereocenters. The van der Waals surface area contributed by atoms with Gasteiger partial charge in [0.1, 0.15) is 11.5 Å². The molecule has 2 aliphatic heterocycles. The van der Waals surface area contributed by atoms with Gasteiger partial charge in [0.15, 0.2) is 0 Å². The number of hydrogen-bond donors (Lipinski definition) is 1. The highest BCUT2D eigenvalue weighted by molar-refractivity contribution is 5.43. The Morgan fingerprint density at radius 3 is 2.52 bits per heavy atom. The van der Waals surface area contributed by atoms with Gasteiger partial charge in [-0.2, -0.15) is 0 Å². The molecule has 2 fully saturated rings. The van der Waals surface area contributed by atoms with E-state index in [9.17, 15) is 0 Å². The minimum atomic E-state index is 0.391. The highest BCUT2D eigenvalue weighted by Crippen LogP contribution is 2.40. The van der Waals surface area contributed by atoms with E-state index >= 15 is 0 Å². The van der Waals surface area contributed by atoms with E-state index in [1.807, 2.05) is 12.1 Å². The first-order chi connectivity index (χ1) is 11.3. The monoisotopic (exact) mass is 320 g/mol. The van der Waals surface area contributed by atoms with Gasteiger partial charge in [0.2, 0.25) is 0 Å². The summed E-state index contributed by atoms with van der Waals surface area (Å²) in [4.78, 5) is 2.61. The summed E-state index contributed by atoms with van der Waals surface area (Å²) in [6.45, 7) is 6.00. The Bertz CT molecular complexity index is 479. The zero-order valence-corrected chi connectivity index (χ0v) is 14.2. The highest BCUT2D eigenvalue weighted by atomic mass is 16.5. The molecule has 0 aliphatic carbocycles. The van der Waals surface area contributed by atoms with Gasteiger partial charge in [-0.1, -0.05) is 6.07 Å². The van der Waals surface area contributed by atoms with Gasteiger partial charge in [-0.05, 0) is 24.8 Å². The minimum Gasteiger partial charge on any atom is -0.497 e. The molecule has 1 atom stereocenters. The largest absolute Gasteiger partial charge is 0.497 e. The van der Waals surface area contributed by atoms with Crippen LogP contribution < -0.4 is 14.8 Å². The van der Waals surface area contributed by atoms with Crippen LogP contribution in [0.1, 0.15) is 24.4 Å². The van der Waals surface area contributed by atoms with Crippen LogP contribution in [0.5, 0.6) is 11.5 Å². The molecule has 5 heteroatoms. The Morgan fingerprint density at radius 1 is 1.13 bits per heavy atom. The molecule has 0 aromatic heterocycles. The second-order valence-electron chi connectivity index (χ2n) is 6.29. The molecule has 1 aromatic rings. The van der Waals surface area contributed by atoms with Gasteiger partial charge in [-0.25, -0.2) is 0 Å². The molecule has 2 aliphatic rings. The smallest absolute Gasteiger partial charge is 0.127 e. The predicted octanol–water partition coefficient (Wildman–Crippen LogP) is 2.08. The summed E-state index contributed by atoms with van der Waals surface area (Å²) in [5, 5.41) is 3.45. The van der Waals surface area contributed by atoms with Crippen molar-refractivity contribution in [3.8, 4) is 11.5 Å². The standard InChI is InChI=1S/C18H28N2O3/c1-21-15-3-4-16(17(13-15)22-2)18(14-5-11-23-12-6-14)20-9-7-19-8-10-20/h3-4,13-14,18-19H,5-12H2,1-2H3/t18-/m1/s1. The van der Waals surface area contributed by atoms with Gasteiger partial charge >= 0.3 is 0 Å². The molecule has 0 saturated carbocycles. The summed E-state index contributed by atoms with van der Waals surface area (Å²) >= 11 is 0. The molecule has 1 N–H and O–H groups in total. The van der Waals surface area contributed by atoms with E-state index in [0.717, 1.165) is 63.7 Å². The minimum absolute atomic E-state index is 0.391. The van der Waals surface area contributed by atoms with Crippen LogP contribution in [-0.4, -0.2) is 58.5 Å². The second kappa shape index (κ2) is 7.99. The van der Waals surface area contributed by atoms with Crippen molar-refractivity contribution in [1.82, 2.24) is 10.2 Å². The molecule has 0 radical (unpaired) electrons. The van der Waals surface area contributed by atoms with Crippen molar-refractivity contribution in [2.24, 2.45) is 5.92 Å². The Balaban J connectivity index is 1.92. The first-order valence-corrected chi connectivity index (χ1v) is 8.58. The van der Waals surface area contributed by atoms with Crippen LogP contribution in [0.4, 0.5) is 0 Å². The van der Waals surface area contributed by atoms with Gasteiger partial charge in [-0.3, -0.25) is 4.90 Å². The van der Waals surface area contributed by atoms with Crippen molar-refractivity contribution in [3.05, 3.63) is 23.8 Å². The van der Waals surface area contributed by atoms with Crippen LogP contribution >= 0.6 is 0 Å². The lowest BCUT2D eigenvalue weighted by Gasteiger charge is -2.41. The number of piperazine rings is 1. The van der Waals surface area contributed by atoms with Gasteiger partial charge in [0.25, 0.3) is 0 Å². The fraction of sp³-hybridized carbons (Fsp3) is 0.667. The predicted molar refractivity (Wildman–Crippen MR) is 90.3 cm³/mol. The van der Waals surface area contributed by atoms with E-state index < -0.39 is 0 Å². The molecule has 3 rings (SSSR count). The highest BCUT2D eigenvalue weighted by Gasteiger charge is 2.33. The summed E-state index contributed by atoms with van der Waals surface area (Å²) < 4.78 is 16.6. The van der Waals surface area contributed by atoms with E-state index in [0.29, 0.717) is 12.0 Å². The van der Waals surface area contributed by atoms with Crippen molar-refractivity contribution in [2.45, 2.75) is 18.9 Å². The third-order valence-corrected chi connectivity index (χ3v) is 5.02. The molecule has 2 heterocycles. The second-order valence-corrected chi connectivity index (χ2v) is 6.29. The number of rotatable bonds is 5. The number of nitrogens with zero attached hydrogens (tertiary/aromatic N) is 1. The van der Waals surface area contributed by atoms with Crippen molar-refractivity contribution >= 4 is 0 Å². The molecule has 0 spiro atoms. The Labute approximate surface area is 138 Å². The topological polar surface area (TPSA) is 43.0 Å². The molecular weight excluding hydrogens is 292 g/mol.